The molecule has 0 amide bonds. The van der Waals surface area contributed by atoms with Gasteiger partial charge in [-0.1, -0.05) is 43.3 Å². The first-order valence-electron chi connectivity index (χ1n) is 13.0. The maximum atomic E-state index is 13.5. The van der Waals surface area contributed by atoms with Gasteiger partial charge in [-0.25, -0.2) is 8.42 Å². The average molecular weight is 499 g/mol. The van der Waals surface area contributed by atoms with Crippen LogP contribution in [-0.4, -0.2) is 56.9 Å². The van der Waals surface area contributed by atoms with Crippen molar-refractivity contribution >= 4 is 15.8 Å². The molecule has 6 nitrogen and oxygen atoms in total. The zero-order valence-corrected chi connectivity index (χ0v) is 21.7. The molecule has 0 saturated carbocycles. The van der Waals surface area contributed by atoms with E-state index in [-0.39, 0.29) is 17.2 Å². The number of ether oxygens (including phenoxy) is 1. The van der Waals surface area contributed by atoms with Crippen molar-refractivity contribution in [2.24, 2.45) is 5.92 Å². The van der Waals surface area contributed by atoms with Crippen molar-refractivity contribution in [3.63, 3.8) is 0 Å². The molecule has 2 fully saturated rings. The third kappa shape index (κ3) is 6.32. The molecule has 7 heteroatoms. The van der Waals surface area contributed by atoms with Crippen molar-refractivity contribution in [2.75, 3.05) is 26.2 Å². The van der Waals surface area contributed by atoms with E-state index in [4.69, 9.17) is 4.74 Å². The third-order valence-electron chi connectivity index (χ3n) is 7.46. The summed E-state index contributed by atoms with van der Waals surface area (Å²) >= 11 is 0. The Hall–Kier alpha value is -2.22. The van der Waals surface area contributed by atoms with E-state index in [1.165, 1.54) is 24.9 Å². The fraction of sp³-hybridized carbons (Fsp3) is 0.536. The topological polar surface area (TPSA) is 75.7 Å². The van der Waals surface area contributed by atoms with Crippen LogP contribution in [0.15, 0.2) is 53.4 Å². The standard InChI is InChI=1S/C28H38N2O4S/c1-3-27(31)34-28(25-14-17-29-18-15-25)35(32,33)26-12-10-24(11-13-26)23-8-6-22(7-9-23)16-20-30-19-4-5-21(30)2/h6-13,21,25,28-29H,3-5,14-20H2,1-2H3/t21-,28?/m1/s1. The number of nitrogens with one attached hydrogen (secondary N) is 1. The van der Waals surface area contributed by atoms with E-state index in [9.17, 15) is 13.2 Å². The number of carbonyl (C=O) groups is 1. The lowest BCUT2D eigenvalue weighted by Crippen LogP contribution is -2.40. The van der Waals surface area contributed by atoms with Gasteiger partial charge in [0.05, 0.1) is 4.90 Å². The summed E-state index contributed by atoms with van der Waals surface area (Å²) in [5.41, 5.74) is 2.20. The summed E-state index contributed by atoms with van der Waals surface area (Å²) in [6.45, 7) is 7.74. The monoisotopic (exact) mass is 498 g/mol. The number of esters is 1. The molecule has 35 heavy (non-hydrogen) atoms. The predicted molar refractivity (Wildman–Crippen MR) is 139 cm³/mol. The molecule has 2 aromatic carbocycles. The van der Waals surface area contributed by atoms with Gasteiger partial charge in [0, 0.05) is 24.9 Å². The molecule has 0 bridgehead atoms. The number of rotatable bonds is 9. The number of hydrogen-bond donors (Lipinski definition) is 1. The zero-order chi connectivity index (χ0) is 24.8. The Bertz CT molecular complexity index is 1080. The molecule has 0 spiro atoms. The van der Waals surface area contributed by atoms with Gasteiger partial charge in [0.25, 0.3) is 0 Å². The summed E-state index contributed by atoms with van der Waals surface area (Å²) in [6, 6.07) is 16.2. The van der Waals surface area contributed by atoms with Crippen molar-refractivity contribution in [3.8, 4) is 11.1 Å². The lowest BCUT2D eigenvalue weighted by molar-refractivity contribution is -0.147. The summed E-state index contributed by atoms with van der Waals surface area (Å²) in [5.74, 6) is -0.680. The van der Waals surface area contributed by atoms with Crippen molar-refractivity contribution in [1.82, 2.24) is 10.2 Å². The van der Waals surface area contributed by atoms with Crippen LogP contribution in [-0.2, 0) is 25.8 Å². The number of nitrogens with zero attached hydrogens (tertiary/aromatic N) is 1. The molecule has 4 rings (SSSR count). The SMILES string of the molecule is CCC(=O)OC(C1CCNCC1)S(=O)(=O)c1ccc(-c2ccc(CCN3CCC[C@H]3C)cc2)cc1. The molecule has 2 heterocycles. The highest BCUT2D eigenvalue weighted by Gasteiger charge is 2.38. The van der Waals surface area contributed by atoms with Crippen LogP contribution < -0.4 is 5.32 Å². The van der Waals surface area contributed by atoms with E-state index < -0.39 is 21.2 Å². The van der Waals surface area contributed by atoms with Crippen molar-refractivity contribution in [2.45, 2.75) is 68.7 Å². The van der Waals surface area contributed by atoms with Crippen molar-refractivity contribution in [3.05, 3.63) is 54.1 Å². The number of hydrogen-bond acceptors (Lipinski definition) is 6. The quantitative estimate of drug-likeness (QED) is 0.516. The molecule has 2 aliphatic heterocycles. The highest BCUT2D eigenvalue weighted by Crippen LogP contribution is 2.30. The van der Waals surface area contributed by atoms with Gasteiger partial charge in [-0.15, -0.1) is 0 Å². The highest BCUT2D eigenvalue weighted by atomic mass is 32.2. The lowest BCUT2D eigenvalue weighted by Gasteiger charge is -2.30. The van der Waals surface area contributed by atoms with E-state index in [1.54, 1.807) is 19.1 Å². The Labute approximate surface area is 210 Å². The van der Waals surface area contributed by atoms with E-state index in [2.05, 4.69) is 41.4 Å². The summed E-state index contributed by atoms with van der Waals surface area (Å²) in [4.78, 5) is 14.8. The van der Waals surface area contributed by atoms with Gasteiger partial charge in [0.15, 0.2) is 0 Å². The molecule has 0 radical (unpaired) electrons. The first-order valence-corrected chi connectivity index (χ1v) is 14.5. The summed E-state index contributed by atoms with van der Waals surface area (Å²) in [6.07, 6.45) is 5.12. The molecular weight excluding hydrogens is 460 g/mol. The van der Waals surface area contributed by atoms with E-state index in [0.717, 1.165) is 37.2 Å². The van der Waals surface area contributed by atoms with Crippen molar-refractivity contribution < 1.29 is 17.9 Å². The van der Waals surface area contributed by atoms with Gasteiger partial charge < -0.3 is 15.0 Å². The van der Waals surface area contributed by atoms with Gasteiger partial charge in [-0.2, -0.15) is 0 Å². The molecule has 0 aliphatic carbocycles. The van der Waals surface area contributed by atoms with E-state index in [0.29, 0.717) is 18.9 Å². The van der Waals surface area contributed by atoms with Crippen LogP contribution in [0.2, 0.25) is 0 Å². The fourth-order valence-corrected chi connectivity index (χ4v) is 6.97. The van der Waals surface area contributed by atoms with Crippen LogP contribution in [0.5, 0.6) is 0 Å². The second kappa shape index (κ2) is 11.7. The van der Waals surface area contributed by atoms with Gasteiger partial charge in [0.2, 0.25) is 15.3 Å². The predicted octanol–water partition coefficient (Wildman–Crippen LogP) is 4.43. The van der Waals surface area contributed by atoms with Crippen molar-refractivity contribution in [1.29, 1.82) is 0 Å². The van der Waals surface area contributed by atoms with Crippen LogP contribution in [0.1, 0.15) is 51.5 Å². The molecule has 2 aromatic rings. The highest BCUT2D eigenvalue weighted by molar-refractivity contribution is 7.92. The van der Waals surface area contributed by atoms with Crippen LogP contribution in [0.25, 0.3) is 11.1 Å². The minimum absolute atomic E-state index is 0.156. The normalized spacial score (nSPS) is 20.6. The van der Waals surface area contributed by atoms with Crippen LogP contribution in [0.4, 0.5) is 0 Å². The first kappa shape index (κ1) is 25.9. The van der Waals surface area contributed by atoms with Crippen LogP contribution >= 0.6 is 0 Å². The van der Waals surface area contributed by atoms with Crippen LogP contribution in [0.3, 0.4) is 0 Å². The summed E-state index contributed by atoms with van der Waals surface area (Å²) in [5, 5.41) is 3.24. The van der Waals surface area contributed by atoms with E-state index >= 15 is 0 Å². The maximum Gasteiger partial charge on any atom is 0.306 e. The Kier molecular flexibility index (Phi) is 8.63. The minimum Gasteiger partial charge on any atom is -0.445 e. The van der Waals surface area contributed by atoms with Gasteiger partial charge in [-0.05, 0) is 87.5 Å². The minimum atomic E-state index is -3.81. The molecule has 0 aromatic heterocycles. The smallest absolute Gasteiger partial charge is 0.306 e. The largest absolute Gasteiger partial charge is 0.445 e. The second-order valence-corrected chi connectivity index (χ2v) is 11.9. The molecular formula is C28H38N2O4S. The number of sulfone groups is 1. The lowest BCUT2D eigenvalue weighted by atomic mass is 9.99. The Morgan fingerprint density at radius 3 is 2.23 bits per heavy atom. The zero-order valence-electron chi connectivity index (χ0n) is 20.9. The Morgan fingerprint density at radius 1 is 1.03 bits per heavy atom. The molecule has 190 valence electrons. The average Bonchev–Trinajstić information content (AvgIpc) is 3.31. The molecule has 2 aliphatic rings. The fourth-order valence-electron chi connectivity index (χ4n) is 5.17. The maximum absolute atomic E-state index is 13.5. The Balaban J connectivity index is 1.46. The summed E-state index contributed by atoms with van der Waals surface area (Å²) in [7, 11) is -3.81. The number of carbonyl (C=O) groups excluding carboxylic acids is 1. The van der Waals surface area contributed by atoms with Gasteiger partial charge in [0.1, 0.15) is 0 Å². The van der Waals surface area contributed by atoms with E-state index in [1.807, 2.05) is 12.1 Å². The number of benzene rings is 2. The molecule has 1 N–H and O–H groups in total. The Morgan fingerprint density at radius 2 is 1.66 bits per heavy atom. The molecule has 2 atom stereocenters. The van der Waals surface area contributed by atoms with Crippen LogP contribution in [0, 0.1) is 5.92 Å². The third-order valence-corrected chi connectivity index (χ3v) is 9.48. The summed E-state index contributed by atoms with van der Waals surface area (Å²) < 4.78 is 32.5. The van der Waals surface area contributed by atoms with Gasteiger partial charge in [-0.3, -0.25) is 4.79 Å². The first-order chi connectivity index (χ1) is 16.9. The second-order valence-electron chi connectivity index (χ2n) is 9.84. The number of likely N-dealkylation sites (tertiary alicyclic amines) is 1. The molecule has 1 unspecified atom stereocenters. The number of piperidine rings is 1. The van der Waals surface area contributed by atoms with Gasteiger partial charge >= 0.3 is 5.97 Å². The molecule has 2 saturated heterocycles.